The Morgan fingerprint density at radius 1 is 0.893 bits per heavy atom. The quantitative estimate of drug-likeness (QED) is 0.341. The Morgan fingerprint density at radius 2 is 1.39 bits per heavy atom. The molecule has 0 fully saturated rings. The zero-order valence-electron chi connectivity index (χ0n) is 16.3. The maximum atomic E-state index is 10.00. The number of anilines is 2. The van der Waals surface area contributed by atoms with Crippen molar-refractivity contribution in [3.63, 3.8) is 0 Å². The maximum absolute atomic E-state index is 10.00. The van der Waals surface area contributed by atoms with E-state index in [0.29, 0.717) is 11.1 Å². The SMILES string of the molecule is CN(C)c1ccc(C=N/N=C(/N)NN=Cc2ccc(N(C)C)cc2O)c(O)c1. The number of benzene rings is 2. The number of aromatic hydroxyl groups is 2. The number of hydrogen-bond donors (Lipinski definition) is 4. The number of phenolic OH excluding ortho intramolecular Hbond substituents is 2. The molecule has 2 aromatic rings. The molecular weight excluding hydrogens is 358 g/mol. The van der Waals surface area contributed by atoms with Crippen LogP contribution in [0.1, 0.15) is 11.1 Å². The second-order valence-corrected chi connectivity index (χ2v) is 6.37. The Hall–Kier alpha value is -3.75. The van der Waals surface area contributed by atoms with E-state index >= 15 is 0 Å². The van der Waals surface area contributed by atoms with E-state index in [1.807, 2.05) is 50.1 Å². The van der Waals surface area contributed by atoms with Crippen LogP contribution in [0.5, 0.6) is 11.5 Å². The van der Waals surface area contributed by atoms with Crippen molar-refractivity contribution >= 4 is 29.8 Å². The first-order chi connectivity index (χ1) is 13.3. The van der Waals surface area contributed by atoms with Crippen molar-refractivity contribution in [2.45, 2.75) is 0 Å². The fraction of sp³-hybridized carbons (Fsp3) is 0.211. The fourth-order valence-corrected chi connectivity index (χ4v) is 2.18. The number of phenols is 2. The summed E-state index contributed by atoms with van der Waals surface area (Å²) in [5.74, 6) is 0.148. The van der Waals surface area contributed by atoms with Crippen molar-refractivity contribution in [1.29, 1.82) is 0 Å². The molecular formula is C19H25N7O2. The summed E-state index contributed by atoms with van der Waals surface area (Å²) in [4.78, 5) is 3.76. The van der Waals surface area contributed by atoms with E-state index in [1.165, 1.54) is 12.4 Å². The predicted molar refractivity (Wildman–Crippen MR) is 115 cm³/mol. The predicted octanol–water partition coefficient (Wildman–Crippen LogP) is 1.50. The molecule has 148 valence electrons. The molecule has 9 nitrogen and oxygen atoms in total. The van der Waals surface area contributed by atoms with Crippen LogP contribution in [0.2, 0.25) is 0 Å². The Bertz CT molecular complexity index is 905. The molecule has 0 heterocycles. The highest BCUT2D eigenvalue weighted by molar-refractivity contribution is 5.87. The molecule has 9 heteroatoms. The van der Waals surface area contributed by atoms with Crippen molar-refractivity contribution in [3.05, 3.63) is 47.5 Å². The number of rotatable bonds is 6. The van der Waals surface area contributed by atoms with Crippen LogP contribution in [0.25, 0.3) is 0 Å². The van der Waals surface area contributed by atoms with Gasteiger partial charge < -0.3 is 25.7 Å². The van der Waals surface area contributed by atoms with E-state index in [1.54, 1.807) is 24.3 Å². The Morgan fingerprint density at radius 3 is 1.86 bits per heavy atom. The first-order valence-corrected chi connectivity index (χ1v) is 8.44. The van der Waals surface area contributed by atoms with E-state index in [9.17, 15) is 10.2 Å². The molecule has 0 saturated heterocycles. The van der Waals surface area contributed by atoms with Gasteiger partial charge in [-0.3, -0.25) is 0 Å². The molecule has 2 rings (SSSR count). The standard InChI is InChI=1S/C19H25N7O2/c1-25(2)15-7-5-13(17(27)9-15)11-21-23-19(20)24-22-12-14-6-8-16(26(3)4)10-18(14)28/h5-12,27-28H,1-4H3,(H3,20,23,24). The summed E-state index contributed by atoms with van der Waals surface area (Å²) in [6, 6.07) is 10.4. The topological polar surface area (TPSA) is 122 Å². The van der Waals surface area contributed by atoms with Gasteiger partial charge in [0, 0.05) is 62.8 Å². The van der Waals surface area contributed by atoms with Crippen LogP contribution in [0.3, 0.4) is 0 Å². The van der Waals surface area contributed by atoms with Crippen molar-refractivity contribution < 1.29 is 10.2 Å². The first kappa shape index (κ1) is 20.6. The van der Waals surface area contributed by atoms with Crippen LogP contribution in [-0.4, -0.2) is 56.8 Å². The van der Waals surface area contributed by atoms with E-state index in [4.69, 9.17) is 5.73 Å². The van der Waals surface area contributed by atoms with Crippen molar-refractivity contribution in [1.82, 2.24) is 5.43 Å². The monoisotopic (exact) mass is 383 g/mol. The van der Waals surface area contributed by atoms with Crippen LogP contribution >= 0.6 is 0 Å². The lowest BCUT2D eigenvalue weighted by molar-refractivity contribution is 0.474. The van der Waals surface area contributed by atoms with Gasteiger partial charge in [0.05, 0.1) is 12.4 Å². The lowest BCUT2D eigenvalue weighted by atomic mass is 10.2. The highest BCUT2D eigenvalue weighted by Gasteiger charge is 2.03. The average Bonchev–Trinajstić information content (AvgIpc) is 2.64. The van der Waals surface area contributed by atoms with Crippen molar-refractivity contribution in [3.8, 4) is 11.5 Å². The van der Waals surface area contributed by atoms with Gasteiger partial charge in [0.15, 0.2) is 0 Å². The Labute approximate surface area is 164 Å². The molecule has 0 bridgehead atoms. The zero-order chi connectivity index (χ0) is 20.7. The van der Waals surface area contributed by atoms with Gasteiger partial charge in [-0.05, 0) is 24.3 Å². The summed E-state index contributed by atoms with van der Waals surface area (Å²) < 4.78 is 0. The molecule has 0 radical (unpaired) electrons. The average molecular weight is 383 g/mol. The maximum Gasteiger partial charge on any atom is 0.234 e. The summed E-state index contributed by atoms with van der Waals surface area (Å²) >= 11 is 0. The van der Waals surface area contributed by atoms with Crippen molar-refractivity contribution in [2.24, 2.45) is 21.0 Å². The molecule has 0 aliphatic heterocycles. The molecule has 0 unspecified atom stereocenters. The summed E-state index contributed by atoms with van der Waals surface area (Å²) in [6.07, 6.45) is 2.81. The highest BCUT2D eigenvalue weighted by atomic mass is 16.3. The Kier molecular flexibility index (Phi) is 6.80. The van der Waals surface area contributed by atoms with Crippen LogP contribution in [0.4, 0.5) is 11.4 Å². The third kappa shape index (κ3) is 5.63. The van der Waals surface area contributed by atoms with Gasteiger partial charge in [0.25, 0.3) is 0 Å². The lowest BCUT2D eigenvalue weighted by Gasteiger charge is -2.13. The molecule has 0 aromatic heterocycles. The third-order valence-corrected chi connectivity index (χ3v) is 3.81. The molecule has 0 aliphatic carbocycles. The minimum atomic E-state index is -0.0405. The number of hydrazone groups is 1. The number of hydrogen-bond acceptors (Lipinski definition) is 7. The van der Waals surface area contributed by atoms with Crippen LogP contribution in [0, 0.1) is 0 Å². The van der Waals surface area contributed by atoms with Crippen LogP contribution in [0.15, 0.2) is 51.7 Å². The highest BCUT2D eigenvalue weighted by Crippen LogP contribution is 2.23. The largest absolute Gasteiger partial charge is 0.507 e. The van der Waals surface area contributed by atoms with Crippen molar-refractivity contribution in [2.75, 3.05) is 38.0 Å². The second kappa shape index (κ2) is 9.26. The van der Waals surface area contributed by atoms with Crippen LogP contribution < -0.4 is 21.0 Å². The van der Waals surface area contributed by atoms with Gasteiger partial charge in [-0.1, -0.05) is 0 Å². The lowest BCUT2D eigenvalue weighted by Crippen LogP contribution is -2.26. The van der Waals surface area contributed by atoms with Gasteiger partial charge in [-0.2, -0.15) is 10.2 Å². The van der Waals surface area contributed by atoms with Gasteiger partial charge in [-0.15, -0.1) is 5.10 Å². The minimum absolute atomic E-state index is 0.0405. The number of nitrogens with one attached hydrogen (secondary N) is 1. The second-order valence-electron chi connectivity index (χ2n) is 6.37. The molecule has 0 aliphatic rings. The third-order valence-electron chi connectivity index (χ3n) is 3.81. The summed E-state index contributed by atoms with van der Waals surface area (Å²) in [5.41, 5.74) is 11.0. The van der Waals surface area contributed by atoms with Gasteiger partial charge in [-0.25, -0.2) is 5.43 Å². The smallest absolute Gasteiger partial charge is 0.234 e. The molecule has 0 amide bonds. The molecule has 0 saturated carbocycles. The van der Waals surface area contributed by atoms with E-state index in [2.05, 4.69) is 20.7 Å². The summed E-state index contributed by atoms with van der Waals surface area (Å²) in [6.45, 7) is 0. The van der Waals surface area contributed by atoms with E-state index in [-0.39, 0.29) is 17.5 Å². The molecule has 0 atom stereocenters. The zero-order valence-corrected chi connectivity index (χ0v) is 16.3. The number of guanidine groups is 1. The molecule has 2 aromatic carbocycles. The normalized spacial score (nSPS) is 11.9. The fourth-order valence-electron chi connectivity index (χ4n) is 2.18. The van der Waals surface area contributed by atoms with Crippen LogP contribution in [-0.2, 0) is 0 Å². The summed E-state index contributed by atoms with van der Waals surface area (Å²) in [7, 11) is 7.54. The number of nitrogens with two attached hydrogens (primary N) is 1. The van der Waals surface area contributed by atoms with Gasteiger partial charge in [0.1, 0.15) is 11.5 Å². The van der Waals surface area contributed by atoms with Gasteiger partial charge in [0.2, 0.25) is 5.96 Å². The first-order valence-electron chi connectivity index (χ1n) is 8.44. The molecule has 0 spiro atoms. The van der Waals surface area contributed by atoms with E-state index < -0.39 is 0 Å². The Balaban J connectivity index is 1.97. The molecule has 28 heavy (non-hydrogen) atoms. The minimum Gasteiger partial charge on any atom is -0.507 e. The molecule has 5 N–H and O–H groups in total. The van der Waals surface area contributed by atoms with E-state index in [0.717, 1.165) is 11.4 Å². The van der Waals surface area contributed by atoms with Gasteiger partial charge >= 0.3 is 0 Å². The number of nitrogens with zero attached hydrogens (tertiary/aromatic N) is 5. The summed E-state index contributed by atoms with van der Waals surface area (Å²) in [5, 5.41) is 31.5.